The van der Waals surface area contributed by atoms with E-state index in [0.29, 0.717) is 10.6 Å². The number of pyridine rings is 1. The Bertz CT molecular complexity index is 654. The number of benzene rings is 1. The summed E-state index contributed by atoms with van der Waals surface area (Å²) in [4.78, 5) is 10.3. The van der Waals surface area contributed by atoms with Crippen molar-refractivity contribution in [1.82, 2.24) is 0 Å². The van der Waals surface area contributed by atoms with Crippen LogP contribution in [0.15, 0.2) is 42.6 Å². The number of hydrogen-bond donors (Lipinski definition) is 0. The minimum Gasteiger partial charge on any atom is -0.258 e. The molecule has 4 nitrogen and oxygen atoms in total. The summed E-state index contributed by atoms with van der Waals surface area (Å²) in [6.45, 7) is 0. The van der Waals surface area contributed by atoms with Gasteiger partial charge in [-0.2, -0.15) is 0 Å². The average Bonchev–Trinajstić information content (AvgIpc) is 2.39. The standard InChI is InChI=1S/C14H12ClN2O2/c1-16-9-3-2-4-12(16)6-5-11-10-13(17(18)19)7-8-14(11)15/h2-10H,1H3/q+1/b6-5-. The van der Waals surface area contributed by atoms with Crippen molar-refractivity contribution in [2.45, 2.75) is 0 Å². The largest absolute Gasteiger partial charge is 0.270 e. The van der Waals surface area contributed by atoms with Crippen LogP contribution in [-0.2, 0) is 7.05 Å². The molecule has 0 aliphatic rings. The SMILES string of the molecule is C[n+]1ccccc1/C=C\c1cc([N+](=O)[O-])ccc1Cl. The fourth-order valence-electron chi connectivity index (χ4n) is 1.66. The molecule has 0 saturated carbocycles. The lowest BCUT2D eigenvalue weighted by molar-refractivity contribution is -0.673. The summed E-state index contributed by atoms with van der Waals surface area (Å²) in [7, 11) is 1.93. The molecule has 19 heavy (non-hydrogen) atoms. The van der Waals surface area contributed by atoms with E-state index in [1.54, 1.807) is 6.08 Å². The van der Waals surface area contributed by atoms with E-state index in [4.69, 9.17) is 11.6 Å². The number of hydrogen-bond acceptors (Lipinski definition) is 2. The normalized spacial score (nSPS) is 10.8. The molecule has 96 valence electrons. The van der Waals surface area contributed by atoms with Crippen molar-refractivity contribution in [3.05, 3.63) is 69.0 Å². The summed E-state index contributed by atoms with van der Waals surface area (Å²) in [5, 5.41) is 11.2. The molecule has 0 amide bonds. The Morgan fingerprint density at radius 2 is 2.05 bits per heavy atom. The fourth-order valence-corrected chi connectivity index (χ4v) is 1.84. The lowest BCUT2D eigenvalue weighted by Gasteiger charge is -1.98. The van der Waals surface area contributed by atoms with Gasteiger partial charge < -0.3 is 0 Å². The number of aromatic nitrogens is 1. The van der Waals surface area contributed by atoms with Crippen molar-refractivity contribution in [2.24, 2.45) is 7.05 Å². The minimum atomic E-state index is -0.434. The first-order valence-corrected chi connectivity index (χ1v) is 6.02. The van der Waals surface area contributed by atoms with Crippen molar-refractivity contribution in [3.8, 4) is 0 Å². The van der Waals surface area contributed by atoms with Crippen LogP contribution in [0.5, 0.6) is 0 Å². The molecular formula is C14H12ClN2O2+. The highest BCUT2D eigenvalue weighted by atomic mass is 35.5. The lowest BCUT2D eigenvalue weighted by atomic mass is 10.1. The Balaban J connectivity index is 2.35. The van der Waals surface area contributed by atoms with E-state index in [1.807, 2.05) is 42.1 Å². The molecule has 0 spiro atoms. The van der Waals surface area contributed by atoms with Gasteiger partial charge in [-0.25, -0.2) is 4.57 Å². The van der Waals surface area contributed by atoms with Crippen molar-refractivity contribution in [1.29, 1.82) is 0 Å². The number of aryl methyl sites for hydroxylation is 1. The molecule has 0 aliphatic heterocycles. The summed E-state index contributed by atoms with van der Waals surface area (Å²) in [6, 6.07) is 10.2. The molecule has 0 atom stereocenters. The molecular weight excluding hydrogens is 264 g/mol. The molecule has 2 aromatic rings. The fraction of sp³-hybridized carbons (Fsp3) is 0.0714. The maximum Gasteiger partial charge on any atom is 0.270 e. The number of rotatable bonds is 3. The van der Waals surface area contributed by atoms with Gasteiger partial charge in [0, 0.05) is 40.9 Å². The van der Waals surface area contributed by atoms with Gasteiger partial charge >= 0.3 is 0 Å². The Kier molecular flexibility index (Phi) is 3.92. The van der Waals surface area contributed by atoms with Crippen LogP contribution in [0.2, 0.25) is 5.02 Å². The van der Waals surface area contributed by atoms with E-state index in [2.05, 4.69) is 0 Å². The van der Waals surface area contributed by atoms with Crippen LogP contribution in [0, 0.1) is 10.1 Å². The molecule has 0 radical (unpaired) electrons. The molecule has 1 heterocycles. The highest BCUT2D eigenvalue weighted by Crippen LogP contribution is 2.23. The van der Waals surface area contributed by atoms with Gasteiger partial charge in [-0.15, -0.1) is 0 Å². The van der Waals surface area contributed by atoms with Gasteiger partial charge in [-0.05, 0) is 18.2 Å². The molecule has 1 aromatic carbocycles. The van der Waals surface area contributed by atoms with Gasteiger partial charge in [0.15, 0.2) is 6.20 Å². The first-order chi connectivity index (χ1) is 9.08. The topological polar surface area (TPSA) is 47.0 Å². The van der Waals surface area contributed by atoms with E-state index in [0.717, 1.165) is 5.69 Å². The molecule has 0 fully saturated rings. The van der Waals surface area contributed by atoms with Crippen molar-refractivity contribution in [2.75, 3.05) is 0 Å². The Hall–Kier alpha value is -2.20. The van der Waals surface area contributed by atoms with Gasteiger partial charge in [0.1, 0.15) is 7.05 Å². The minimum absolute atomic E-state index is 0.0292. The molecule has 0 bridgehead atoms. The second kappa shape index (κ2) is 5.63. The zero-order chi connectivity index (χ0) is 13.8. The van der Waals surface area contributed by atoms with Crippen molar-refractivity contribution < 1.29 is 9.49 Å². The van der Waals surface area contributed by atoms with Crippen LogP contribution in [0.3, 0.4) is 0 Å². The number of non-ortho nitro benzene ring substituents is 1. The third-order valence-electron chi connectivity index (χ3n) is 2.72. The van der Waals surface area contributed by atoms with E-state index in [-0.39, 0.29) is 5.69 Å². The Morgan fingerprint density at radius 3 is 2.74 bits per heavy atom. The van der Waals surface area contributed by atoms with Crippen LogP contribution in [-0.4, -0.2) is 4.92 Å². The van der Waals surface area contributed by atoms with Crippen molar-refractivity contribution in [3.63, 3.8) is 0 Å². The van der Waals surface area contributed by atoms with Crippen LogP contribution >= 0.6 is 11.6 Å². The summed E-state index contributed by atoms with van der Waals surface area (Å²) in [5.41, 5.74) is 1.63. The van der Waals surface area contributed by atoms with Crippen LogP contribution in [0.1, 0.15) is 11.3 Å². The highest BCUT2D eigenvalue weighted by Gasteiger charge is 2.08. The summed E-state index contributed by atoms with van der Waals surface area (Å²) < 4.78 is 1.95. The zero-order valence-corrected chi connectivity index (χ0v) is 11.0. The number of halogens is 1. The Morgan fingerprint density at radius 1 is 1.26 bits per heavy atom. The maximum atomic E-state index is 10.7. The highest BCUT2D eigenvalue weighted by molar-refractivity contribution is 6.32. The Labute approximate surface area is 115 Å². The first kappa shape index (κ1) is 13.2. The average molecular weight is 276 g/mol. The predicted molar refractivity (Wildman–Crippen MR) is 74.7 cm³/mol. The quantitative estimate of drug-likeness (QED) is 0.490. The summed E-state index contributed by atoms with van der Waals surface area (Å²) >= 11 is 6.03. The van der Waals surface area contributed by atoms with Crippen LogP contribution in [0.25, 0.3) is 12.2 Å². The molecule has 5 heteroatoms. The third-order valence-corrected chi connectivity index (χ3v) is 3.06. The van der Waals surface area contributed by atoms with Crippen LogP contribution in [0.4, 0.5) is 5.69 Å². The lowest BCUT2D eigenvalue weighted by Crippen LogP contribution is -2.30. The van der Waals surface area contributed by atoms with Crippen LogP contribution < -0.4 is 4.57 Å². The molecule has 0 unspecified atom stereocenters. The summed E-state index contributed by atoms with van der Waals surface area (Å²) in [6.07, 6.45) is 5.56. The van der Waals surface area contributed by atoms with Gasteiger partial charge in [0.2, 0.25) is 5.69 Å². The van der Waals surface area contributed by atoms with Gasteiger partial charge in [-0.1, -0.05) is 11.6 Å². The molecule has 1 aromatic heterocycles. The third kappa shape index (κ3) is 3.17. The summed E-state index contributed by atoms with van der Waals surface area (Å²) in [5.74, 6) is 0. The predicted octanol–water partition coefficient (Wildman–Crippen LogP) is 3.24. The number of nitro benzene ring substituents is 1. The molecule has 0 N–H and O–H groups in total. The van der Waals surface area contributed by atoms with E-state index in [1.165, 1.54) is 18.2 Å². The number of nitrogens with zero attached hydrogens (tertiary/aromatic N) is 2. The second-order valence-corrected chi connectivity index (χ2v) is 4.44. The zero-order valence-electron chi connectivity index (χ0n) is 10.3. The molecule has 0 saturated heterocycles. The maximum absolute atomic E-state index is 10.7. The monoisotopic (exact) mass is 275 g/mol. The van der Waals surface area contributed by atoms with Gasteiger partial charge in [0.05, 0.1) is 4.92 Å². The van der Waals surface area contributed by atoms with Gasteiger partial charge in [-0.3, -0.25) is 10.1 Å². The molecule has 2 rings (SSSR count). The molecule has 0 aliphatic carbocycles. The van der Waals surface area contributed by atoms with E-state index < -0.39 is 4.92 Å². The van der Waals surface area contributed by atoms with E-state index in [9.17, 15) is 10.1 Å². The first-order valence-electron chi connectivity index (χ1n) is 5.64. The van der Waals surface area contributed by atoms with Crippen molar-refractivity contribution >= 4 is 29.4 Å². The second-order valence-electron chi connectivity index (χ2n) is 4.03. The smallest absolute Gasteiger partial charge is 0.258 e. The van der Waals surface area contributed by atoms with E-state index >= 15 is 0 Å². The number of nitro groups is 1. The van der Waals surface area contributed by atoms with Gasteiger partial charge in [0.25, 0.3) is 5.69 Å².